The van der Waals surface area contributed by atoms with Gasteiger partial charge >= 0.3 is 0 Å². The molecule has 0 aliphatic heterocycles. The van der Waals surface area contributed by atoms with E-state index in [1.165, 1.54) is 24.0 Å². The molecule has 0 saturated carbocycles. The van der Waals surface area contributed by atoms with Gasteiger partial charge < -0.3 is 9.84 Å². The molecule has 2 aliphatic rings. The Morgan fingerprint density at radius 3 is 2.94 bits per heavy atom. The molecule has 92 valence electrons. The molecule has 0 spiro atoms. The lowest BCUT2D eigenvalue weighted by Gasteiger charge is -2.39. The fraction of sp³-hybridized carbons (Fsp3) is 0.600. The first kappa shape index (κ1) is 11.1. The first-order chi connectivity index (χ1) is 8.12. The molecule has 2 aliphatic carbocycles. The maximum absolute atomic E-state index is 10.6. The standard InChI is InChI=1S/C15H20O2/c1-15(16)7-6-10-4-3-5-11-8-12(17-2)9-13(15)14(10)11/h8-10,16H,3-7H2,1-2H3/t10-,15-/m1/s1. The predicted molar refractivity (Wildman–Crippen MR) is 67.5 cm³/mol. The zero-order chi connectivity index (χ0) is 12.0. The van der Waals surface area contributed by atoms with E-state index in [0.717, 1.165) is 30.6 Å². The van der Waals surface area contributed by atoms with E-state index in [1.54, 1.807) is 7.11 Å². The second-order valence-electron chi connectivity index (χ2n) is 5.65. The third-order valence-electron chi connectivity index (χ3n) is 4.44. The fourth-order valence-electron chi connectivity index (χ4n) is 3.50. The molecule has 0 saturated heterocycles. The zero-order valence-electron chi connectivity index (χ0n) is 10.6. The number of aryl methyl sites for hydroxylation is 1. The highest BCUT2D eigenvalue weighted by atomic mass is 16.5. The van der Waals surface area contributed by atoms with E-state index in [0.29, 0.717) is 5.92 Å². The number of benzene rings is 1. The fourth-order valence-corrected chi connectivity index (χ4v) is 3.50. The summed E-state index contributed by atoms with van der Waals surface area (Å²) in [7, 11) is 1.70. The summed E-state index contributed by atoms with van der Waals surface area (Å²) in [6, 6.07) is 4.20. The van der Waals surface area contributed by atoms with E-state index in [2.05, 4.69) is 6.07 Å². The van der Waals surface area contributed by atoms with Crippen LogP contribution < -0.4 is 4.74 Å². The molecular formula is C15H20O2. The predicted octanol–water partition coefficient (Wildman–Crippen LogP) is 3.12. The molecule has 3 rings (SSSR count). The van der Waals surface area contributed by atoms with Crippen LogP contribution in [0, 0.1) is 0 Å². The highest BCUT2D eigenvalue weighted by molar-refractivity contribution is 5.49. The Morgan fingerprint density at radius 1 is 1.35 bits per heavy atom. The molecule has 0 aromatic heterocycles. The Morgan fingerprint density at radius 2 is 2.18 bits per heavy atom. The van der Waals surface area contributed by atoms with Gasteiger partial charge in [-0.25, -0.2) is 0 Å². The SMILES string of the molecule is COc1cc2c3c(c1)[C@](C)(O)CC[C@H]3CCC2. The average Bonchev–Trinajstić information content (AvgIpc) is 2.33. The summed E-state index contributed by atoms with van der Waals surface area (Å²) in [5.41, 5.74) is 3.26. The lowest BCUT2D eigenvalue weighted by molar-refractivity contribution is 0.0327. The van der Waals surface area contributed by atoms with Crippen molar-refractivity contribution in [3.63, 3.8) is 0 Å². The normalized spacial score (nSPS) is 30.9. The van der Waals surface area contributed by atoms with Crippen molar-refractivity contribution in [1.82, 2.24) is 0 Å². The lowest BCUT2D eigenvalue weighted by atomic mass is 9.68. The second-order valence-corrected chi connectivity index (χ2v) is 5.65. The van der Waals surface area contributed by atoms with Gasteiger partial charge in [0.05, 0.1) is 12.7 Å². The van der Waals surface area contributed by atoms with Crippen molar-refractivity contribution in [3.05, 3.63) is 28.8 Å². The van der Waals surface area contributed by atoms with Gasteiger partial charge in [-0.3, -0.25) is 0 Å². The summed E-state index contributed by atoms with van der Waals surface area (Å²) in [6.07, 6.45) is 5.68. The van der Waals surface area contributed by atoms with Crippen LogP contribution in [0.25, 0.3) is 0 Å². The maximum atomic E-state index is 10.6. The Hall–Kier alpha value is -1.02. The van der Waals surface area contributed by atoms with Crippen LogP contribution >= 0.6 is 0 Å². The van der Waals surface area contributed by atoms with Crippen LogP contribution in [0.15, 0.2) is 12.1 Å². The highest BCUT2D eigenvalue weighted by Gasteiger charge is 2.37. The quantitative estimate of drug-likeness (QED) is 0.806. The molecule has 0 amide bonds. The molecule has 0 heterocycles. The molecule has 2 nitrogen and oxygen atoms in total. The average molecular weight is 232 g/mol. The van der Waals surface area contributed by atoms with Crippen molar-refractivity contribution >= 4 is 0 Å². The van der Waals surface area contributed by atoms with Gasteiger partial charge in [0.25, 0.3) is 0 Å². The van der Waals surface area contributed by atoms with Crippen molar-refractivity contribution in [2.24, 2.45) is 0 Å². The van der Waals surface area contributed by atoms with Gasteiger partial charge in [-0.05, 0) is 73.8 Å². The number of methoxy groups -OCH3 is 1. The van der Waals surface area contributed by atoms with E-state index in [9.17, 15) is 5.11 Å². The van der Waals surface area contributed by atoms with Crippen LogP contribution in [0.2, 0.25) is 0 Å². The van der Waals surface area contributed by atoms with E-state index in [4.69, 9.17) is 4.74 Å². The minimum Gasteiger partial charge on any atom is -0.497 e. The van der Waals surface area contributed by atoms with Crippen molar-refractivity contribution in [3.8, 4) is 5.75 Å². The summed E-state index contributed by atoms with van der Waals surface area (Å²) in [6.45, 7) is 1.94. The highest BCUT2D eigenvalue weighted by Crippen LogP contribution is 2.48. The van der Waals surface area contributed by atoms with Gasteiger partial charge in [0, 0.05) is 0 Å². The number of aliphatic hydroxyl groups is 1. The zero-order valence-corrected chi connectivity index (χ0v) is 10.6. The minimum absolute atomic E-state index is 0.667. The molecule has 0 bridgehead atoms. The third-order valence-corrected chi connectivity index (χ3v) is 4.44. The monoisotopic (exact) mass is 232 g/mol. The molecule has 0 fully saturated rings. The van der Waals surface area contributed by atoms with Crippen LogP contribution in [0.3, 0.4) is 0 Å². The smallest absolute Gasteiger partial charge is 0.119 e. The Labute approximate surface area is 103 Å². The van der Waals surface area contributed by atoms with Gasteiger partial charge in [0.2, 0.25) is 0 Å². The Balaban J connectivity index is 2.22. The van der Waals surface area contributed by atoms with E-state index in [-0.39, 0.29) is 0 Å². The van der Waals surface area contributed by atoms with Gasteiger partial charge in [0.15, 0.2) is 0 Å². The van der Waals surface area contributed by atoms with Crippen LogP contribution in [0.5, 0.6) is 5.75 Å². The summed E-state index contributed by atoms with van der Waals surface area (Å²) in [4.78, 5) is 0. The molecule has 1 aromatic carbocycles. The van der Waals surface area contributed by atoms with Crippen LogP contribution in [0.4, 0.5) is 0 Å². The number of hydrogen-bond donors (Lipinski definition) is 1. The van der Waals surface area contributed by atoms with Crippen LogP contribution in [0.1, 0.15) is 55.2 Å². The summed E-state index contributed by atoms with van der Waals surface area (Å²) < 4.78 is 5.36. The van der Waals surface area contributed by atoms with E-state index in [1.807, 2.05) is 13.0 Å². The summed E-state index contributed by atoms with van der Waals surface area (Å²) >= 11 is 0. The minimum atomic E-state index is -0.674. The summed E-state index contributed by atoms with van der Waals surface area (Å²) in [5.74, 6) is 1.56. The Kier molecular flexibility index (Phi) is 2.44. The largest absolute Gasteiger partial charge is 0.497 e. The first-order valence-electron chi connectivity index (χ1n) is 6.55. The molecule has 17 heavy (non-hydrogen) atoms. The maximum Gasteiger partial charge on any atom is 0.119 e. The second kappa shape index (κ2) is 3.74. The topological polar surface area (TPSA) is 29.5 Å². The third kappa shape index (κ3) is 1.66. The van der Waals surface area contributed by atoms with Crippen LogP contribution in [-0.2, 0) is 12.0 Å². The molecule has 0 radical (unpaired) electrons. The van der Waals surface area contributed by atoms with Gasteiger partial charge in [-0.15, -0.1) is 0 Å². The molecule has 0 unspecified atom stereocenters. The summed E-state index contributed by atoms with van der Waals surface area (Å²) in [5, 5.41) is 10.6. The lowest BCUT2D eigenvalue weighted by Crippen LogP contribution is -2.31. The van der Waals surface area contributed by atoms with Crippen molar-refractivity contribution in [2.75, 3.05) is 7.11 Å². The molecule has 1 aromatic rings. The number of ether oxygens (including phenoxy) is 1. The van der Waals surface area contributed by atoms with Crippen molar-refractivity contribution in [1.29, 1.82) is 0 Å². The van der Waals surface area contributed by atoms with Gasteiger partial charge in [-0.1, -0.05) is 0 Å². The first-order valence-corrected chi connectivity index (χ1v) is 6.55. The van der Waals surface area contributed by atoms with Crippen molar-refractivity contribution in [2.45, 2.75) is 50.5 Å². The Bertz CT molecular complexity index is 448. The van der Waals surface area contributed by atoms with Gasteiger partial charge in [0.1, 0.15) is 5.75 Å². The molecule has 1 N–H and O–H groups in total. The molecule has 2 atom stereocenters. The van der Waals surface area contributed by atoms with Crippen LogP contribution in [-0.4, -0.2) is 12.2 Å². The molecular weight excluding hydrogens is 212 g/mol. The van der Waals surface area contributed by atoms with E-state index < -0.39 is 5.60 Å². The van der Waals surface area contributed by atoms with Crippen molar-refractivity contribution < 1.29 is 9.84 Å². The number of rotatable bonds is 1. The molecule has 2 heteroatoms. The number of hydrogen-bond acceptors (Lipinski definition) is 2. The van der Waals surface area contributed by atoms with E-state index >= 15 is 0 Å². The van der Waals surface area contributed by atoms with Gasteiger partial charge in [-0.2, -0.15) is 0 Å².